The van der Waals surface area contributed by atoms with Crippen LogP contribution >= 0.6 is 0 Å². The first kappa shape index (κ1) is 13.7. The summed E-state index contributed by atoms with van der Waals surface area (Å²) < 4.78 is 10.6. The fraction of sp³-hybridized carbons (Fsp3) is 0.467. The first-order valence-electron chi connectivity index (χ1n) is 7.14. The van der Waals surface area contributed by atoms with Crippen LogP contribution < -0.4 is 14.8 Å². The zero-order valence-electron chi connectivity index (χ0n) is 11.9. The molecule has 2 aliphatic heterocycles. The van der Waals surface area contributed by atoms with E-state index >= 15 is 0 Å². The Bertz CT molecular complexity index is 573. The number of rotatable bonds is 3. The van der Waals surface area contributed by atoms with Crippen LogP contribution in [0.4, 0.5) is 0 Å². The van der Waals surface area contributed by atoms with E-state index < -0.39 is 6.04 Å². The summed E-state index contributed by atoms with van der Waals surface area (Å²) in [6, 6.07) is 5.23. The molecular weight excluding hydrogens is 272 g/mol. The average molecular weight is 290 g/mol. The Labute approximate surface area is 123 Å². The van der Waals surface area contributed by atoms with Crippen molar-refractivity contribution in [2.45, 2.75) is 32.4 Å². The number of carbonyl (C=O) groups excluding carboxylic acids is 2. The summed E-state index contributed by atoms with van der Waals surface area (Å²) in [6.07, 6.45) is 0.939. The number of amides is 2. The predicted molar refractivity (Wildman–Crippen MR) is 74.8 cm³/mol. The Hall–Kier alpha value is -2.24. The van der Waals surface area contributed by atoms with Crippen molar-refractivity contribution in [3.05, 3.63) is 23.8 Å². The lowest BCUT2D eigenvalue weighted by Gasteiger charge is -2.23. The van der Waals surface area contributed by atoms with Crippen molar-refractivity contribution in [1.82, 2.24) is 10.2 Å². The summed E-state index contributed by atoms with van der Waals surface area (Å²) >= 11 is 0. The minimum atomic E-state index is -0.422. The topological polar surface area (TPSA) is 67.9 Å². The highest BCUT2D eigenvalue weighted by Gasteiger charge is 2.28. The maximum absolute atomic E-state index is 12.4. The second kappa shape index (κ2) is 5.63. The molecule has 0 aromatic heterocycles. The monoisotopic (exact) mass is 290 g/mol. The maximum Gasteiger partial charge on any atom is 0.245 e. The molecule has 0 spiro atoms. The second-order valence-electron chi connectivity index (χ2n) is 5.23. The van der Waals surface area contributed by atoms with E-state index in [1.807, 2.05) is 25.1 Å². The van der Waals surface area contributed by atoms with Gasteiger partial charge in [0.15, 0.2) is 11.5 Å². The lowest BCUT2D eigenvalue weighted by atomic mass is 10.1. The molecule has 0 aliphatic carbocycles. The molecule has 1 aromatic rings. The number of hydrogen-bond donors (Lipinski definition) is 1. The van der Waals surface area contributed by atoms with E-state index in [9.17, 15) is 9.59 Å². The third kappa shape index (κ3) is 2.79. The van der Waals surface area contributed by atoms with Gasteiger partial charge in [-0.05, 0) is 24.1 Å². The normalized spacial score (nSPS) is 21.2. The Balaban J connectivity index is 1.76. The first-order valence-corrected chi connectivity index (χ1v) is 7.14. The van der Waals surface area contributed by atoms with Crippen LogP contribution in [0.15, 0.2) is 18.2 Å². The quantitative estimate of drug-likeness (QED) is 0.903. The molecule has 2 heterocycles. The number of ether oxygens (including phenoxy) is 2. The van der Waals surface area contributed by atoms with Gasteiger partial charge in [-0.2, -0.15) is 0 Å². The second-order valence-corrected chi connectivity index (χ2v) is 5.23. The molecule has 1 N–H and O–H groups in total. The number of benzene rings is 1. The van der Waals surface area contributed by atoms with Crippen molar-refractivity contribution >= 4 is 11.8 Å². The summed E-state index contributed by atoms with van der Waals surface area (Å²) in [5.74, 6) is 1.34. The minimum absolute atomic E-state index is 0.0268. The predicted octanol–water partition coefficient (Wildman–Crippen LogP) is 1.04. The summed E-state index contributed by atoms with van der Waals surface area (Å²) in [6.45, 7) is 3.04. The van der Waals surface area contributed by atoms with Crippen molar-refractivity contribution in [2.24, 2.45) is 0 Å². The van der Waals surface area contributed by atoms with Gasteiger partial charge in [-0.25, -0.2) is 0 Å². The fourth-order valence-corrected chi connectivity index (χ4v) is 2.59. The van der Waals surface area contributed by atoms with Gasteiger partial charge in [0.2, 0.25) is 18.6 Å². The standard InChI is InChI=1S/C15H18N2O4/c1-2-11-15(19)17(6-5-14(18)16-11)8-10-3-4-12-13(7-10)21-9-20-12/h3-4,7,11H,2,5-6,8-9H2,1H3,(H,16,18). The van der Waals surface area contributed by atoms with E-state index in [2.05, 4.69) is 5.32 Å². The van der Waals surface area contributed by atoms with Crippen molar-refractivity contribution in [3.63, 3.8) is 0 Å². The fourth-order valence-electron chi connectivity index (χ4n) is 2.59. The molecule has 0 bridgehead atoms. The highest BCUT2D eigenvalue weighted by atomic mass is 16.7. The third-order valence-electron chi connectivity index (χ3n) is 3.77. The third-order valence-corrected chi connectivity index (χ3v) is 3.77. The Morgan fingerprint density at radius 1 is 1.29 bits per heavy atom. The van der Waals surface area contributed by atoms with E-state index in [1.54, 1.807) is 4.90 Å². The summed E-state index contributed by atoms with van der Waals surface area (Å²) in [4.78, 5) is 25.8. The first-order chi connectivity index (χ1) is 10.2. The minimum Gasteiger partial charge on any atom is -0.454 e. The smallest absolute Gasteiger partial charge is 0.245 e. The van der Waals surface area contributed by atoms with Gasteiger partial charge in [0.1, 0.15) is 6.04 Å². The zero-order chi connectivity index (χ0) is 14.8. The summed E-state index contributed by atoms with van der Waals surface area (Å²) in [5, 5.41) is 2.76. The van der Waals surface area contributed by atoms with Crippen molar-refractivity contribution in [3.8, 4) is 11.5 Å². The van der Waals surface area contributed by atoms with Gasteiger partial charge in [0.25, 0.3) is 0 Å². The zero-order valence-corrected chi connectivity index (χ0v) is 11.9. The molecule has 1 aromatic carbocycles. The molecule has 0 radical (unpaired) electrons. The molecule has 3 rings (SSSR count). The van der Waals surface area contributed by atoms with E-state index in [0.29, 0.717) is 31.7 Å². The molecular formula is C15H18N2O4. The van der Waals surface area contributed by atoms with Gasteiger partial charge < -0.3 is 19.7 Å². The lowest BCUT2D eigenvalue weighted by Crippen LogP contribution is -2.43. The molecule has 6 nitrogen and oxygen atoms in total. The van der Waals surface area contributed by atoms with Gasteiger partial charge in [-0.3, -0.25) is 9.59 Å². The van der Waals surface area contributed by atoms with Crippen LogP contribution in [-0.2, 0) is 16.1 Å². The molecule has 1 unspecified atom stereocenters. The molecule has 1 atom stereocenters. The molecule has 1 fully saturated rings. The molecule has 1 saturated heterocycles. The van der Waals surface area contributed by atoms with Crippen molar-refractivity contribution in [2.75, 3.05) is 13.3 Å². The Morgan fingerprint density at radius 2 is 2.10 bits per heavy atom. The van der Waals surface area contributed by atoms with E-state index in [-0.39, 0.29) is 18.6 Å². The summed E-state index contributed by atoms with van der Waals surface area (Å²) in [7, 11) is 0. The van der Waals surface area contributed by atoms with Crippen LogP contribution in [0.25, 0.3) is 0 Å². The molecule has 6 heteroatoms. The van der Waals surface area contributed by atoms with Crippen LogP contribution in [0.3, 0.4) is 0 Å². The van der Waals surface area contributed by atoms with Crippen LogP contribution in [0.2, 0.25) is 0 Å². The van der Waals surface area contributed by atoms with Crippen LogP contribution in [-0.4, -0.2) is 36.1 Å². The maximum atomic E-state index is 12.4. The number of hydrogen-bond acceptors (Lipinski definition) is 4. The highest BCUT2D eigenvalue weighted by molar-refractivity contribution is 5.89. The number of nitrogens with zero attached hydrogens (tertiary/aromatic N) is 1. The molecule has 21 heavy (non-hydrogen) atoms. The number of fused-ring (bicyclic) bond motifs is 1. The summed E-state index contributed by atoms with van der Waals surface area (Å²) in [5.41, 5.74) is 0.969. The molecule has 2 amide bonds. The van der Waals surface area contributed by atoms with E-state index in [4.69, 9.17) is 9.47 Å². The van der Waals surface area contributed by atoms with Gasteiger partial charge in [0, 0.05) is 19.5 Å². The van der Waals surface area contributed by atoms with Crippen molar-refractivity contribution in [1.29, 1.82) is 0 Å². The SMILES string of the molecule is CCC1NC(=O)CCN(Cc2ccc3c(c2)OCO3)C1=O. The van der Waals surface area contributed by atoms with Crippen LogP contribution in [0.5, 0.6) is 11.5 Å². The average Bonchev–Trinajstić information content (AvgIpc) is 2.90. The lowest BCUT2D eigenvalue weighted by molar-refractivity contribution is -0.134. The number of nitrogens with one attached hydrogen (secondary N) is 1. The highest BCUT2D eigenvalue weighted by Crippen LogP contribution is 2.32. The van der Waals surface area contributed by atoms with E-state index in [0.717, 1.165) is 11.3 Å². The Kier molecular flexibility index (Phi) is 3.68. The van der Waals surface area contributed by atoms with Gasteiger partial charge in [-0.15, -0.1) is 0 Å². The van der Waals surface area contributed by atoms with Gasteiger partial charge >= 0.3 is 0 Å². The molecule has 0 saturated carbocycles. The Morgan fingerprint density at radius 3 is 2.90 bits per heavy atom. The van der Waals surface area contributed by atoms with Crippen LogP contribution in [0, 0.1) is 0 Å². The van der Waals surface area contributed by atoms with Crippen molar-refractivity contribution < 1.29 is 19.1 Å². The largest absolute Gasteiger partial charge is 0.454 e. The van der Waals surface area contributed by atoms with E-state index in [1.165, 1.54) is 0 Å². The van der Waals surface area contributed by atoms with Gasteiger partial charge in [0.05, 0.1) is 0 Å². The molecule has 112 valence electrons. The molecule has 2 aliphatic rings. The van der Waals surface area contributed by atoms with Crippen LogP contribution in [0.1, 0.15) is 25.3 Å². The number of carbonyl (C=O) groups is 2. The van der Waals surface area contributed by atoms with Gasteiger partial charge in [-0.1, -0.05) is 13.0 Å².